The summed E-state index contributed by atoms with van der Waals surface area (Å²) in [5.41, 5.74) is 1.29. The van der Waals surface area contributed by atoms with E-state index in [4.69, 9.17) is 4.74 Å². The Hall–Kier alpha value is -1.64. The van der Waals surface area contributed by atoms with Crippen molar-refractivity contribution >= 4 is 5.57 Å². The summed E-state index contributed by atoms with van der Waals surface area (Å²) >= 11 is 0. The van der Waals surface area contributed by atoms with Gasteiger partial charge < -0.3 is 4.74 Å². The fourth-order valence-corrected chi connectivity index (χ4v) is 4.31. The molecule has 0 heterocycles. The van der Waals surface area contributed by atoms with Crippen molar-refractivity contribution in [1.29, 1.82) is 0 Å². The SMILES string of the molecule is COc1ccc(C2=CCC(/C=C/CCC3CCCCC3)CC2)c(F)c1F. The van der Waals surface area contributed by atoms with E-state index >= 15 is 0 Å². The van der Waals surface area contributed by atoms with E-state index in [-0.39, 0.29) is 5.75 Å². The van der Waals surface area contributed by atoms with Gasteiger partial charge in [0.25, 0.3) is 0 Å². The minimum Gasteiger partial charge on any atom is -0.494 e. The Morgan fingerprint density at radius 1 is 1.08 bits per heavy atom. The van der Waals surface area contributed by atoms with Gasteiger partial charge in [0.15, 0.2) is 11.6 Å². The zero-order valence-electron chi connectivity index (χ0n) is 15.8. The molecule has 3 heteroatoms. The van der Waals surface area contributed by atoms with Gasteiger partial charge in [-0.15, -0.1) is 0 Å². The molecule has 2 aliphatic carbocycles. The Morgan fingerprint density at radius 3 is 2.58 bits per heavy atom. The molecular weight excluding hydrogens is 330 g/mol. The number of ether oxygens (including phenoxy) is 1. The van der Waals surface area contributed by atoms with Crippen LogP contribution >= 0.6 is 0 Å². The first-order chi connectivity index (χ1) is 12.7. The molecule has 3 rings (SSSR count). The van der Waals surface area contributed by atoms with E-state index in [0.717, 1.165) is 30.8 Å². The van der Waals surface area contributed by atoms with E-state index in [1.54, 1.807) is 6.07 Å². The first-order valence-electron chi connectivity index (χ1n) is 10.1. The summed E-state index contributed by atoms with van der Waals surface area (Å²) in [5, 5.41) is 0. The summed E-state index contributed by atoms with van der Waals surface area (Å²) in [6.07, 6.45) is 19.0. The van der Waals surface area contributed by atoms with E-state index in [2.05, 4.69) is 18.2 Å². The lowest BCUT2D eigenvalue weighted by molar-refractivity contribution is 0.341. The third-order valence-electron chi connectivity index (χ3n) is 5.94. The van der Waals surface area contributed by atoms with Crippen LogP contribution in [0, 0.1) is 23.5 Å². The number of methoxy groups -OCH3 is 1. The van der Waals surface area contributed by atoms with Gasteiger partial charge in [-0.1, -0.05) is 50.3 Å². The maximum Gasteiger partial charge on any atom is 0.201 e. The molecule has 1 fully saturated rings. The quantitative estimate of drug-likeness (QED) is 0.493. The third kappa shape index (κ3) is 4.75. The van der Waals surface area contributed by atoms with Crippen LogP contribution in [-0.4, -0.2) is 7.11 Å². The highest BCUT2D eigenvalue weighted by molar-refractivity contribution is 5.67. The smallest absolute Gasteiger partial charge is 0.201 e. The molecule has 2 aliphatic rings. The van der Waals surface area contributed by atoms with E-state index in [0.29, 0.717) is 11.5 Å². The molecule has 0 amide bonds. The van der Waals surface area contributed by atoms with Crippen LogP contribution in [0.2, 0.25) is 0 Å². The molecule has 1 atom stereocenters. The summed E-state index contributed by atoms with van der Waals surface area (Å²) in [5.74, 6) is -0.274. The van der Waals surface area contributed by atoms with Crippen LogP contribution in [0.4, 0.5) is 8.78 Å². The number of hydrogen-bond acceptors (Lipinski definition) is 1. The van der Waals surface area contributed by atoms with Gasteiger partial charge in [0.05, 0.1) is 7.11 Å². The van der Waals surface area contributed by atoms with Crippen molar-refractivity contribution in [2.24, 2.45) is 11.8 Å². The molecule has 1 saturated carbocycles. The lowest BCUT2D eigenvalue weighted by Gasteiger charge is -2.21. The monoisotopic (exact) mass is 360 g/mol. The zero-order chi connectivity index (χ0) is 18.4. The average molecular weight is 360 g/mol. The fourth-order valence-electron chi connectivity index (χ4n) is 4.31. The van der Waals surface area contributed by atoms with Crippen LogP contribution in [-0.2, 0) is 0 Å². The molecule has 0 aliphatic heterocycles. The predicted octanol–water partition coefficient (Wildman–Crippen LogP) is 7.07. The molecule has 26 heavy (non-hydrogen) atoms. The Balaban J connectivity index is 1.52. The standard InChI is InChI=1S/C23H30F2O/c1-26-21-16-15-20(22(24)23(21)25)19-13-11-18(12-14-19)10-6-5-9-17-7-3-2-4-8-17/h6,10,13,15-18H,2-5,7-9,11-12,14H2,1H3/b10-6+. The lowest BCUT2D eigenvalue weighted by atomic mass is 9.84. The molecule has 0 spiro atoms. The second-order valence-electron chi connectivity index (χ2n) is 7.72. The van der Waals surface area contributed by atoms with Gasteiger partial charge >= 0.3 is 0 Å². The molecule has 0 aromatic heterocycles. The lowest BCUT2D eigenvalue weighted by Crippen LogP contribution is -2.06. The van der Waals surface area contributed by atoms with Crippen LogP contribution < -0.4 is 4.74 Å². The third-order valence-corrected chi connectivity index (χ3v) is 5.94. The first-order valence-corrected chi connectivity index (χ1v) is 10.1. The van der Waals surface area contributed by atoms with Crippen LogP contribution in [0.1, 0.15) is 69.8 Å². The maximum atomic E-state index is 14.2. The number of benzene rings is 1. The Bertz CT molecular complexity index is 656. The second kappa shape index (κ2) is 9.34. The van der Waals surface area contributed by atoms with Gasteiger partial charge in [-0.25, -0.2) is 4.39 Å². The number of hydrogen-bond donors (Lipinski definition) is 0. The molecule has 1 aromatic rings. The Kier molecular flexibility index (Phi) is 6.87. The van der Waals surface area contributed by atoms with Crippen LogP contribution in [0.3, 0.4) is 0 Å². The summed E-state index contributed by atoms with van der Waals surface area (Å²) in [6.45, 7) is 0. The highest BCUT2D eigenvalue weighted by Crippen LogP contribution is 2.35. The van der Waals surface area contributed by atoms with E-state index in [9.17, 15) is 8.78 Å². The second-order valence-corrected chi connectivity index (χ2v) is 7.72. The summed E-state index contributed by atoms with van der Waals surface area (Å²) in [7, 11) is 1.35. The minimum atomic E-state index is -0.893. The number of rotatable bonds is 6. The summed E-state index contributed by atoms with van der Waals surface area (Å²) in [6, 6.07) is 3.13. The van der Waals surface area contributed by atoms with Crippen LogP contribution in [0.25, 0.3) is 5.57 Å². The van der Waals surface area contributed by atoms with E-state index in [1.165, 1.54) is 58.1 Å². The molecule has 0 N–H and O–H groups in total. The molecule has 0 saturated heterocycles. The minimum absolute atomic E-state index is 0.0403. The van der Waals surface area contributed by atoms with Crippen molar-refractivity contribution in [2.45, 2.75) is 64.2 Å². The number of allylic oxidation sites excluding steroid dienone is 4. The van der Waals surface area contributed by atoms with Crippen LogP contribution in [0.15, 0.2) is 30.4 Å². The van der Waals surface area contributed by atoms with Crippen molar-refractivity contribution in [3.63, 3.8) is 0 Å². The van der Waals surface area contributed by atoms with Crippen molar-refractivity contribution in [3.8, 4) is 5.75 Å². The van der Waals surface area contributed by atoms with Crippen LogP contribution in [0.5, 0.6) is 5.75 Å². The van der Waals surface area contributed by atoms with E-state index < -0.39 is 11.6 Å². The maximum absolute atomic E-state index is 14.2. The molecule has 0 radical (unpaired) electrons. The molecule has 0 bridgehead atoms. The summed E-state index contributed by atoms with van der Waals surface area (Å²) in [4.78, 5) is 0. The fraction of sp³-hybridized carbons (Fsp3) is 0.565. The Morgan fingerprint density at radius 2 is 1.88 bits per heavy atom. The van der Waals surface area contributed by atoms with Crippen molar-refractivity contribution < 1.29 is 13.5 Å². The van der Waals surface area contributed by atoms with Gasteiger partial charge in [0.2, 0.25) is 5.82 Å². The first kappa shape index (κ1) is 19.1. The molecule has 1 aromatic carbocycles. The molecule has 1 unspecified atom stereocenters. The highest BCUT2D eigenvalue weighted by Gasteiger charge is 2.20. The summed E-state index contributed by atoms with van der Waals surface area (Å²) < 4.78 is 33.0. The van der Waals surface area contributed by atoms with Gasteiger partial charge in [-0.3, -0.25) is 0 Å². The molecule has 142 valence electrons. The van der Waals surface area contributed by atoms with E-state index in [1.807, 2.05) is 0 Å². The van der Waals surface area contributed by atoms with Gasteiger partial charge in [-0.2, -0.15) is 4.39 Å². The highest BCUT2D eigenvalue weighted by atomic mass is 19.2. The van der Waals surface area contributed by atoms with Gasteiger partial charge in [-0.05, 0) is 61.6 Å². The normalized spacial score (nSPS) is 21.8. The van der Waals surface area contributed by atoms with Crippen molar-refractivity contribution in [1.82, 2.24) is 0 Å². The van der Waals surface area contributed by atoms with Crippen molar-refractivity contribution in [3.05, 3.63) is 47.6 Å². The largest absolute Gasteiger partial charge is 0.494 e. The van der Waals surface area contributed by atoms with Crippen molar-refractivity contribution in [2.75, 3.05) is 7.11 Å². The topological polar surface area (TPSA) is 9.23 Å². The Labute approximate surface area is 156 Å². The number of halogens is 2. The average Bonchev–Trinajstić information content (AvgIpc) is 2.69. The zero-order valence-corrected chi connectivity index (χ0v) is 15.8. The molecule has 1 nitrogen and oxygen atoms in total. The molecular formula is C23H30F2O. The van der Waals surface area contributed by atoms with Gasteiger partial charge in [0.1, 0.15) is 0 Å². The predicted molar refractivity (Wildman–Crippen MR) is 103 cm³/mol. The van der Waals surface area contributed by atoms with Gasteiger partial charge in [0, 0.05) is 5.56 Å².